The molecule has 6 heteroatoms. The molecule has 0 aliphatic carbocycles. The van der Waals surface area contributed by atoms with Crippen LogP contribution in [-0.4, -0.2) is 43.5 Å². The van der Waals surface area contributed by atoms with Crippen molar-refractivity contribution in [1.29, 1.82) is 0 Å². The maximum absolute atomic E-state index is 12.1. The summed E-state index contributed by atoms with van der Waals surface area (Å²) in [5.74, 6) is -0.237. The second kappa shape index (κ2) is 12.9. The van der Waals surface area contributed by atoms with Gasteiger partial charge in [-0.1, -0.05) is 44.2 Å². The van der Waals surface area contributed by atoms with E-state index < -0.39 is 0 Å². The molecule has 3 N–H and O–H groups in total. The number of nitrogens with zero attached hydrogens (tertiary/aromatic N) is 1. The Bertz CT molecular complexity index is 372. The Morgan fingerprint density at radius 3 is 2.24 bits per heavy atom. The van der Waals surface area contributed by atoms with Gasteiger partial charge in [0.05, 0.1) is 5.92 Å². The first kappa shape index (κ1) is 22.5. The maximum atomic E-state index is 12.1. The zero-order chi connectivity index (χ0) is 14.1. The first-order chi connectivity index (χ1) is 9.22. The fraction of sp³-hybridized carbons (Fsp3) is 0.533. The molecule has 0 bridgehead atoms. The van der Waals surface area contributed by atoms with E-state index in [1.807, 2.05) is 30.3 Å². The smallest absolute Gasteiger partial charge is 0.228 e. The third-order valence-electron chi connectivity index (χ3n) is 3.38. The van der Waals surface area contributed by atoms with Crippen molar-refractivity contribution in [3.63, 3.8) is 0 Å². The van der Waals surface area contributed by atoms with E-state index >= 15 is 0 Å². The van der Waals surface area contributed by atoms with E-state index in [2.05, 4.69) is 24.1 Å². The Morgan fingerprint density at radius 1 is 1.19 bits per heavy atom. The second-order valence-electron chi connectivity index (χ2n) is 4.52. The lowest BCUT2D eigenvalue weighted by molar-refractivity contribution is -0.122. The normalized spacial score (nSPS) is 11.2. The van der Waals surface area contributed by atoms with E-state index in [-0.39, 0.29) is 36.6 Å². The summed E-state index contributed by atoms with van der Waals surface area (Å²) in [6.07, 6.45) is 0. The van der Waals surface area contributed by atoms with Gasteiger partial charge >= 0.3 is 0 Å². The van der Waals surface area contributed by atoms with Gasteiger partial charge in [-0.2, -0.15) is 0 Å². The van der Waals surface area contributed by atoms with E-state index in [4.69, 9.17) is 5.73 Å². The van der Waals surface area contributed by atoms with Crippen LogP contribution in [-0.2, 0) is 4.79 Å². The highest BCUT2D eigenvalue weighted by Crippen LogP contribution is 2.13. The molecule has 21 heavy (non-hydrogen) atoms. The third-order valence-corrected chi connectivity index (χ3v) is 3.38. The molecule has 122 valence electrons. The minimum absolute atomic E-state index is 0. The summed E-state index contributed by atoms with van der Waals surface area (Å²) in [7, 11) is 0. The lowest BCUT2D eigenvalue weighted by Crippen LogP contribution is -2.38. The summed E-state index contributed by atoms with van der Waals surface area (Å²) in [6, 6.07) is 9.70. The van der Waals surface area contributed by atoms with Gasteiger partial charge in [-0.15, -0.1) is 24.8 Å². The first-order valence-electron chi connectivity index (χ1n) is 6.98. The van der Waals surface area contributed by atoms with Crippen LogP contribution in [0.3, 0.4) is 0 Å². The molecule has 4 nitrogen and oxygen atoms in total. The van der Waals surface area contributed by atoms with Gasteiger partial charge in [0.25, 0.3) is 0 Å². The standard InChI is InChI=1S/C15H25N3O.2ClH/c1-3-18(4-2)11-10-17-15(19)14(12-16)13-8-6-5-7-9-13;;/h5-9,14H,3-4,10-12,16H2,1-2H3,(H,17,19);2*1H. The van der Waals surface area contributed by atoms with Crippen molar-refractivity contribution >= 4 is 30.7 Å². The van der Waals surface area contributed by atoms with Gasteiger partial charge in [-0.05, 0) is 18.7 Å². The van der Waals surface area contributed by atoms with Crippen molar-refractivity contribution in [3.05, 3.63) is 35.9 Å². The SMILES string of the molecule is CCN(CC)CCNC(=O)C(CN)c1ccccc1.Cl.Cl. The minimum atomic E-state index is -0.252. The highest BCUT2D eigenvalue weighted by atomic mass is 35.5. The van der Waals surface area contributed by atoms with Crippen LogP contribution < -0.4 is 11.1 Å². The quantitative estimate of drug-likeness (QED) is 0.764. The predicted molar refractivity (Wildman–Crippen MR) is 93.5 cm³/mol. The van der Waals surface area contributed by atoms with Crippen LogP contribution in [0.25, 0.3) is 0 Å². The number of halogens is 2. The summed E-state index contributed by atoms with van der Waals surface area (Å²) in [6.45, 7) is 8.14. The predicted octanol–water partition coefficient (Wildman–Crippen LogP) is 2.03. The van der Waals surface area contributed by atoms with Gasteiger partial charge in [-0.25, -0.2) is 0 Å². The number of hydrogen-bond acceptors (Lipinski definition) is 3. The summed E-state index contributed by atoms with van der Waals surface area (Å²) in [5, 5.41) is 2.97. The zero-order valence-corrected chi connectivity index (χ0v) is 14.4. The highest BCUT2D eigenvalue weighted by molar-refractivity contribution is 5.85. The van der Waals surface area contributed by atoms with Crippen LogP contribution >= 0.6 is 24.8 Å². The third kappa shape index (κ3) is 7.67. The maximum Gasteiger partial charge on any atom is 0.228 e. The molecule has 0 saturated heterocycles. The monoisotopic (exact) mass is 335 g/mol. The second-order valence-corrected chi connectivity index (χ2v) is 4.52. The van der Waals surface area contributed by atoms with Crippen LogP contribution in [0.1, 0.15) is 25.3 Å². The summed E-state index contributed by atoms with van der Waals surface area (Å²) in [4.78, 5) is 14.4. The molecule has 0 aliphatic rings. The van der Waals surface area contributed by atoms with Crippen LogP contribution in [0.4, 0.5) is 0 Å². The molecule has 0 aliphatic heterocycles. The molecular weight excluding hydrogens is 309 g/mol. The van der Waals surface area contributed by atoms with Crippen LogP contribution in [0.2, 0.25) is 0 Å². The average molecular weight is 336 g/mol. The molecular formula is C15H27Cl2N3O. The first-order valence-corrected chi connectivity index (χ1v) is 6.98. The summed E-state index contributed by atoms with van der Waals surface area (Å²) >= 11 is 0. The van der Waals surface area contributed by atoms with E-state index in [0.29, 0.717) is 13.1 Å². The van der Waals surface area contributed by atoms with Crippen molar-refractivity contribution < 1.29 is 4.79 Å². The number of nitrogens with two attached hydrogens (primary N) is 1. The van der Waals surface area contributed by atoms with Crippen molar-refractivity contribution in [1.82, 2.24) is 10.2 Å². The van der Waals surface area contributed by atoms with Gasteiger partial charge in [0.1, 0.15) is 0 Å². The number of amides is 1. The molecule has 0 spiro atoms. The average Bonchev–Trinajstić information content (AvgIpc) is 2.45. The topological polar surface area (TPSA) is 58.4 Å². The summed E-state index contributed by atoms with van der Waals surface area (Å²) < 4.78 is 0. The minimum Gasteiger partial charge on any atom is -0.354 e. The van der Waals surface area contributed by atoms with Gasteiger partial charge in [0.2, 0.25) is 5.91 Å². The molecule has 0 heterocycles. The van der Waals surface area contributed by atoms with Crippen LogP contribution in [0, 0.1) is 0 Å². The Hall–Kier alpha value is -0.810. The molecule has 0 saturated carbocycles. The lowest BCUT2D eigenvalue weighted by atomic mass is 9.98. The van der Waals surface area contributed by atoms with E-state index in [1.165, 1.54) is 0 Å². The summed E-state index contributed by atoms with van der Waals surface area (Å²) in [5.41, 5.74) is 6.70. The number of nitrogens with one attached hydrogen (secondary N) is 1. The number of benzene rings is 1. The molecule has 1 aromatic carbocycles. The number of carbonyl (C=O) groups is 1. The van der Waals surface area contributed by atoms with Crippen LogP contribution in [0.15, 0.2) is 30.3 Å². The van der Waals surface area contributed by atoms with Crippen molar-refractivity contribution in [2.45, 2.75) is 19.8 Å². The number of hydrogen-bond donors (Lipinski definition) is 2. The Balaban J connectivity index is 0. The van der Waals surface area contributed by atoms with E-state index in [0.717, 1.165) is 25.2 Å². The number of rotatable bonds is 8. The number of carbonyl (C=O) groups excluding carboxylic acids is 1. The van der Waals surface area contributed by atoms with Gasteiger partial charge in [-0.3, -0.25) is 4.79 Å². The molecule has 0 radical (unpaired) electrons. The fourth-order valence-corrected chi connectivity index (χ4v) is 2.08. The van der Waals surface area contributed by atoms with Crippen molar-refractivity contribution in [3.8, 4) is 0 Å². The van der Waals surface area contributed by atoms with Gasteiger partial charge in [0.15, 0.2) is 0 Å². The molecule has 0 fully saturated rings. The lowest BCUT2D eigenvalue weighted by Gasteiger charge is -2.20. The van der Waals surface area contributed by atoms with Crippen molar-refractivity contribution in [2.75, 3.05) is 32.7 Å². The Morgan fingerprint density at radius 2 is 1.76 bits per heavy atom. The zero-order valence-electron chi connectivity index (χ0n) is 12.7. The van der Waals surface area contributed by atoms with Gasteiger partial charge in [0, 0.05) is 19.6 Å². The number of likely N-dealkylation sites (N-methyl/N-ethyl adjacent to an activating group) is 1. The van der Waals surface area contributed by atoms with Crippen molar-refractivity contribution in [2.24, 2.45) is 5.73 Å². The van der Waals surface area contributed by atoms with E-state index in [9.17, 15) is 4.79 Å². The molecule has 1 amide bonds. The Kier molecular flexibility index (Phi) is 13.8. The van der Waals surface area contributed by atoms with Gasteiger partial charge < -0.3 is 16.0 Å². The molecule has 0 aromatic heterocycles. The molecule has 1 aromatic rings. The molecule has 1 rings (SSSR count). The molecule has 1 unspecified atom stereocenters. The largest absolute Gasteiger partial charge is 0.354 e. The van der Waals surface area contributed by atoms with Crippen LogP contribution in [0.5, 0.6) is 0 Å². The molecule has 1 atom stereocenters. The fourth-order valence-electron chi connectivity index (χ4n) is 2.08. The van der Waals surface area contributed by atoms with E-state index in [1.54, 1.807) is 0 Å². The Labute approximate surface area is 140 Å². The highest BCUT2D eigenvalue weighted by Gasteiger charge is 2.18.